The van der Waals surface area contributed by atoms with Crippen LogP contribution in [0.25, 0.3) is 78.4 Å². The van der Waals surface area contributed by atoms with Crippen molar-refractivity contribution < 1.29 is 4.42 Å². The summed E-state index contributed by atoms with van der Waals surface area (Å²) in [7, 11) is 0. The maximum absolute atomic E-state index is 6.11. The Hall–Kier alpha value is -6.13. The molecular formula is C41H27N3O. The van der Waals surface area contributed by atoms with Crippen molar-refractivity contribution in [3.8, 4) is 67.5 Å². The van der Waals surface area contributed by atoms with E-state index in [0.717, 1.165) is 67.1 Å². The zero-order valence-electron chi connectivity index (χ0n) is 24.3. The standard InChI is InChI=1S/C41H27N3O/c1-2-8-28(9-3-1)33-11-6-12-34(24-33)38-26-37(30-17-19-31(20-18-30)40-25-35-10-4-5-14-39(35)45-40)43-41(44-38)32-21-15-29(16-22-32)36-13-7-23-42-27-36/h1-27H. The average molecular weight is 578 g/mol. The fraction of sp³-hybridized carbons (Fsp3) is 0. The summed E-state index contributed by atoms with van der Waals surface area (Å²) in [5, 5.41) is 1.09. The lowest BCUT2D eigenvalue weighted by Gasteiger charge is -2.11. The predicted molar refractivity (Wildman–Crippen MR) is 182 cm³/mol. The minimum Gasteiger partial charge on any atom is -0.456 e. The van der Waals surface area contributed by atoms with Gasteiger partial charge in [-0.3, -0.25) is 4.98 Å². The zero-order valence-corrected chi connectivity index (χ0v) is 24.3. The molecule has 4 heteroatoms. The molecule has 0 aliphatic heterocycles. The number of nitrogens with zero attached hydrogens (tertiary/aromatic N) is 3. The molecule has 3 heterocycles. The minimum atomic E-state index is 0.673. The Kier molecular flexibility index (Phi) is 6.78. The number of pyridine rings is 1. The third-order valence-corrected chi connectivity index (χ3v) is 8.02. The van der Waals surface area contributed by atoms with Crippen molar-refractivity contribution in [3.63, 3.8) is 0 Å². The van der Waals surface area contributed by atoms with Crippen LogP contribution >= 0.6 is 0 Å². The van der Waals surface area contributed by atoms with Crippen molar-refractivity contribution in [3.05, 3.63) is 164 Å². The van der Waals surface area contributed by atoms with E-state index in [9.17, 15) is 0 Å². The Bertz CT molecular complexity index is 2210. The fourth-order valence-electron chi connectivity index (χ4n) is 5.64. The number of rotatable bonds is 6. The van der Waals surface area contributed by atoms with Gasteiger partial charge in [-0.15, -0.1) is 0 Å². The van der Waals surface area contributed by atoms with Gasteiger partial charge in [0.15, 0.2) is 5.82 Å². The zero-order chi connectivity index (χ0) is 30.0. The quantitative estimate of drug-likeness (QED) is 0.197. The van der Waals surface area contributed by atoms with Crippen molar-refractivity contribution in [2.24, 2.45) is 0 Å². The van der Waals surface area contributed by atoms with Crippen LogP contribution in [0.1, 0.15) is 0 Å². The molecule has 45 heavy (non-hydrogen) atoms. The largest absolute Gasteiger partial charge is 0.456 e. The van der Waals surface area contributed by atoms with Gasteiger partial charge in [-0.05, 0) is 52.6 Å². The van der Waals surface area contributed by atoms with Gasteiger partial charge in [-0.1, -0.05) is 121 Å². The van der Waals surface area contributed by atoms with Crippen molar-refractivity contribution >= 4 is 11.0 Å². The van der Waals surface area contributed by atoms with Crippen molar-refractivity contribution in [2.75, 3.05) is 0 Å². The van der Waals surface area contributed by atoms with Gasteiger partial charge in [0.25, 0.3) is 0 Å². The summed E-state index contributed by atoms with van der Waals surface area (Å²) >= 11 is 0. The number of aromatic nitrogens is 3. The molecule has 0 atom stereocenters. The molecule has 0 amide bonds. The van der Waals surface area contributed by atoms with Crippen LogP contribution in [0.3, 0.4) is 0 Å². The van der Waals surface area contributed by atoms with Crippen LogP contribution in [0.4, 0.5) is 0 Å². The summed E-state index contributed by atoms with van der Waals surface area (Å²) in [5.74, 6) is 1.52. The predicted octanol–water partition coefficient (Wildman–Crippen LogP) is 10.6. The molecule has 0 unspecified atom stereocenters. The van der Waals surface area contributed by atoms with Gasteiger partial charge in [0.05, 0.1) is 11.4 Å². The molecule has 8 rings (SSSR count). The summed E-state index contributed by atoms with van der Waals surface area (Å²) in [6.07, 6.45) is 3.66. The van der Waals surface area contributed by atoms with Gasteiger partial charge in [-0.2, -0.15) is 0 Å². The van der Waals surface area contributed by atoms with Crippen LogP contribution in [0.2, 0.25) is 0 Å². The topological polar surface area (TPSA) is 51.8 Å². The Labute approximate surface area is 261 Å². The molecule has 8 aromatic rings. The molecule has 0 bridgehead atoms. The first-order valence-electron chi connectivity index (χ1n) is 14.9. The van der Waals surface area contributed by atoms with Gasteiger partial charge in [0, 0.05) is 40.0 Å². The monoisotopic (exact) mass is 577 g/mol. The maximum atomic E-state index is 6.11. The first-order valence-corrected chi connectivity index (χ1v) is 14.9. The first-order chi connectivity index (χ1) is 22.3. The highest BCUT2D eigenvalue weighted by Gasteiger charge is 2.13. The molecule has 0 N–H and O–H groups in total. The van der Waals surface area contributed by atoms with E-state index in [2.05, 4.69) is 126 Å². The summed E-state index contributed by atoms with van der Waals surface area (Å²) in [4.78, 5) is 14.4. The van der Waals surface area contributed by atoms with Crippen LogP contribution in [-0.4, -0.2) is 15.0 Å². The Morgan fingerprint density at radius 3 is 1.80 bits per heavy atom. The molecule has 0 spiro atoms. The third-order valence-electron chi connectivity index (χ3n) is 8.02. The van der Waals surface area contributed by atoms with E-state index in [0.29, 0.717) is 5.82 Å². The lowest BCUT2D eigenvalue weighted by molar-refractivity contribution is 0.631. The normalized spacial score (nSPS) is 11.1. The van der Waals surface area contributed by atoms with E-state index < -0.39 is 0 Å². The van der Waals surface area contributed by atoms with Crippen LogP contribution in [-0.2, 0) is 0 Å². The number of fused-ring (bicyclic) bond motifs is 1. The summed E-state index contributed by atoms with van der Waals surface area (Å²) in [6, 6.07) is 51.9. The molecule has 0 saturated carbocycles. The molecule has 3 aromatic heterocycles. The molecule has 0 fully saturated rings. The summed E-state index contributed by atoms with van der Waals surface area (Å²) < 4.78 is 6.11. The van der Waals surface area contributed by atoms with E-state index in [4.69, 9.17) is 14.4 Å². The van der Waals surface area contributed by atoms with Crippen LogP contribution in [0, 0.1) is 0 Å². The molecule has 5 aromatic carbocycles. The minimum absolute atomic E-state index is 0.673. The molecule has 0 saturated heterocycles. The second kappa shape index (κ2) is 11.5. The number of benzene rings is 5. The fourth-order valence-corrected chi connectivity index (χ4v) is 5.64. The third kappa shape index (κ3) is 5.41. The average Bonchev–Trinajstić information content (AvgIpc) is 3.57. The van der Waals surface area contributed by atoms with Gasteiger partial charge >= 0.3 is 0 Å². The van der Waals surface area contributed by atoms with Gasteiger partial charge in [-0.25, -0.2) is 9.97 Å². The molecular weight excluding hydrogens is 550 g/mol. The number of furan rings is 1. The van der Waals surface area contributed by atoms with Gasteiger partial charge in [0.2, 0.25) is 0 Å². The molecule has 0 aliphatic carbocycles. The van der Waals surface area contributed by atoms with Crippen molar-refractivity contribution in [1.82, 2.24) is 15.0 Å². The highest BCUT2D eigenvalue weighted by Crippen LogP contribution is 2.33. The van der Waals surface area contributed by atoms with Crippen molar-refractivity contribution in [2.45, 2.75) is 0 Å². The smallest absolute Gasteiger partial charge is 0.160 e. The van der Waals surface area contributed by atoms with Crippen molar-refractivity contribution in [1.29, 1.82) is 0 Å². The maximum Gasteiger partial charge on any atom is 0.160 e. The van der Waals surface area contributed by atoms with Crippen LogP contribution < -0.4 is 0 Å². The first kappa shape index (κ1) is 26.5. The van der Waals surface area contributed by atoms with E-state index >= 15 is 0 Å². The second-order valence-corrected chi connectivity index (χ2v) is 11.0. The van der Waals surface area contributed by atoms with E-state index in [-0.39, 0.29) is 0 Å². The number of hydrogen-bond acceptors (Lipinski definition) is 4. The highest BCUT2D eigenvalue weighted by atomic mass is 16.3. The van der Waals surface area contributed by atoms with E-state index in [1.54, 1.807) is 6.20 Å². The van der Waals surface area contributed by atoms with Gasteiger partial charge < -0.3 is 4.42 Å². The molecule has 0 radical (unpaired) electrons. The Morgan fingerprint density at radius 2 is 1.02 bits per heavy atom. The van der Waals surface area contributed by atoms with Crippen LogP contribution in [0.5, 0.6) is 0 Å². The van der Waals surface area contributed by atoms with E-state index in [1.807, 2.05) is 36.5 Å². The van der Waals surface area contributed by atoms with E-state index in [1.165, 1.54) is 5.56 Å². The van der Waals surface area contributed by atoms with Gasteiger partial charge in [0.1, 0.15) is 11.3 Å². The lowest BCUT2D eigenvalue weighted by atomic mass is 10.00. The highest BCUT2D eigenvalue weighted by molar-refractivity contribution is 5.83. The SMILES string of the molecule is c1ccc(-c2cccc(-c3cc(-c4ccc(-c5cc6ccccc6o5)cc4)nc(-c4ccc(-c5cccnc5)cc4)n3)c2)cc1. The summed E-state index contributed by atoms with van der Waals surface area (Å²) in [5.41, 5.74) is 11.1. The number of para-hydroxylation sites is 1. The number of hydrogen-bond donors (Lipinski definition) is 0. The second-order valence-electron chi connectivity index (χ2n) is 11.0. The summed E-state index contributed by atoms with van der Waals surface area (Å²) in [6.45, 7) is 0. The lowest BCUT2D eigenvalue weighted by Crippen LogP contribution is -1.96. The Balaban J connectivity index is 1.21. The molecule has 4 nitrogen and oxygen atoms in total. The Morgan fingerprint density at radius 1 is 0.400 bits per heavy atom. The van der Waals surface area contributed by atoms with Crippen LogP contribution in [0.15, 0.2) is 168 Å². The molecule has 212 valence electrons. The molecule has 0 aliphatic rings.